The minimum absolute atomic E-state index is 0.132. The molecule has 1 aromatic carbocycles. The second-order valence-corrected chi connectivity index (χ2v) is 10.2. The summed E-state index contributed by atoms with van der Waals surface area (Å²) in [4.78, 5) is 21.8. The Morgan fingerprint density at radius 2 is 2.17 bits per heavy atom. The summed E-state index contributed by atoms with van der Waals surface area (Å²) in [6, 6.07) is 6.89. The molecular weight excluding hydrogens is 471 g/mol. The third-order valence-corrected chi connectivity index (χ3v) is 7.75. The van der Waals surface area contributed by atoms with Crippen LogP contribution in [0.3, 0.4) is 0 Å². The molecule has 35 heavy (non-hydrogen) atoms. The van der Waals surface area contributed by atoms with Gasteiger partial charge in [0.1, 0.15) is 17.7 Å². The van der Waals surface area contributed by atoms with Crippen molar-refractivity contribution < 1.29 is 13.9 Å². The molecule has 180 valence electrons. The van der Waals surface area contributed by atoms with Gasteiger partial charge in [-0.05, 0) is 30.9 Å². The number of piperidine rings is 1. The maximum absolute atomic E-state index is 14.2. The Kier molecular flexibility index (Phi) is 5.38. The van der Waals surface area contributed by atoms with Crippen molar-refractivity contribution in [3.8, 4) is 11.8 Å². The lowest BCUT2D eigenvalue weighted by molar-refractivity contribution is 0.0504. The van der Waals surface area contributed by atoms with Crippen LogP contribution >= 0.6 is 11.6 Å². The number of aromatic nitrogens is 3. The molecule has 2 fully saturated rings. The van der Waals surface area contributed by atoms with Crippen molar-refractivity contribution in [1.82, 2.24) is 24.4 Å². The first-order valence-electron chi connectivity index (χ1n) is 11.8. The summed E-state index contributed by atoms with van der Waals surface area (Å²) in [5.74, 6) is 0.0627. The molecular formula is C25H24ClFN6O2. The molecule has 2 bridgehead atoms. The van der Waals surface area contributed by atoms with E-state index in [0.717, 1.165) is 30.5 Å². The summed E-state index contributed by atoms with van der Waals surface area (Å²) < 4.78 is 22.2. The Bertz CT molecular complexity index is 1370. The molecule has 4 atom stereocenters. The topological polar surface area (TPSA) is 86.8 Å². The highest BCUT2D eigenvalue weighted by atomic mass is 35.5. The molecule has 0 spiro atoms. The van der Waals surface area contributed by atoms with Crippen LogP contribution in [0.25, 0.3) is 5.65 Å². The van der Waals surface area contributed by atoms with Crippen LogP contribution in [0.15, 0.2) is 30.6 Å². The van der Waals surface area contributed by atoms with Crippen molar-refractivity contribution in [3.05, 3.63) is 58.3 Å². The normalized spacial score (nSPS) is 25.6. The van der Waals surface area contributed by atoms with Crippen LogP contribution in [0.4, 0.5) is 4.39 Å². The van der Waals surface area contributed by atoms with Gasteiger partial charge in [-0.15, -0.1) is 0 Å². The van der Waals surface area contributed by atoms with Crippen molar-refractivity contribution >= 4 is 23.2 Å². The molecule has 0 radical (unpaired) electrons. The van der Waals surface area contributed by atoms with Gasteiger partial charge in [0.15, 0.2) is 5.65 Å². The lowest BCUT2D eigenvalue weighted by Crippen LogP contribution is -2.47. The van der Waals surface area contributed by atoms with Gasteiger partial charge in [-0.1, -0.05) is 18.5 Å². The van der Waals surface area contributed by atoms with Gasteiger partial charge in [-0.2, -0.15) is 10.4 Å². The average molecular weight is 495 g/mol. The highest BCUT2D eigenvalue weighted by molar-refractivity contribution is 6.30. The maximum atomic E-state index is 14.2. The van der Waals surface area contributed by atoms with Gasteiger partial charge >= 0.3 is 0 Å². The molecule has 3 aliphatic rings. The third kappa shape index (κ3) is 3.81. The van der Waals surface area contributed by atoms with Gasteiger partial charge in [0.05, 0.1) is 48.2 Å². The molecule has 5 heterocycles. The number of hydrogen-bond acceptors (Lipinski definition) is 6. The van der Waals surface area contributed by atoms with Crippen LogP contribution in [0.5, 0.6) is 5.75 Å². The van der Waals surface area contributed by atoms with Crippen LogP contribution in [-0.2, 0) is 13.1 Å². The Labute approximate surface area is 206 Å². The number of amides is 1. The molecule has 8 nitrogen and oxygen atoms in total. The smallest absolute Gasteiger partial charge is 0.258 e. The first kappa shape index (κ1) is 22.3. The summed E-state index contributed by atoms with van der Waals surface area (Å²) in [6.45, 7) is 3.31. The highest BCUT2D eigenvalue weighted by Crippen LogP contribution is 2.41. The number of rotatable bonds is 4. The summed E-state index contributed by atoms with van der Waals surface area (Å²) >= 11 is 6.02. The maximum Gasteiger partial charge on any atom is 0.258 e. The number of carbonyl (C=O) groups excluding carboxylic acids is 1. The molecule has 3 aromatic rings. The van der Waals surface area contributed by atoms with E-state index in [0.29, 0.717) is 41.8 Å². The van der Waals surface area contributed by atoms with Gasteiger partial charge < -0.3 is 9.64 Å². The SMILES string of the molecule is CC1CC2CC(Oc3cc(F)ccc3C(=O)N3Cc4nn5cc(Cl)cnc5c4C3)CC1N2CC#N. The first-order chi connectivity index (χ1) is 16.9. The van der Waals surface area contributed by atoms with E-state index >= 15 is 0 Å². The molecule has 6 rings (SSSR count). The van der Waals surface area contributed by atoms with Crippen molar-refractivity contribution in [2.24, 2.45) is 5.92 Å². The van der Waals surface area contributed by atoms with E-state index in [1.54, 1.807) is 21.8 Å². The van der Waals surface area contributed by atoms with Crippen LogP contribution in [0.2, 0.25) is 5.02 Å². The standard InChI is InChI=1S/C25H24ClFN6O2/c1-14-6-17-8-18(9-22(14)32(17)5-4-28)35-23-7-16(27)2-3-19(23)25(34)31-12-20-21(13-31)30-33-11-15(26)10-29-24(20)33/h2-3,7,10-11,14,17-18,22H,5-6,8-9,12-13H2,1H3. The number of hydrogen-bond donors (Lipinski definition) is 0. The average Bonchev–Trinajstić information content (AvgIpc) is 3.42. The second-order valence-electron chi connectivity index (χ2n) is 9.74. The minimum Gasteiger partial charge on any atom is -0.489 e. The molecule has 2 aromatic heterocycles. The minimum atomic E-state index is -0.446. The Morgan fingerprint density at radius 3 is 2.97 bits per heavy atom. The number of halogens is 2. The summed E-state index contributed by atoms with van der Waals surface area (Å²) in [5, 5.41) is 14.2. The third-order valence-electron chi connectivity index (χ3n) is 7.55. The van der Waals surface area contributed by atoms with E-state index in [-0.39, 0.29) is 29.8 Å². The van der Waals surface area contributed by atoms with Gasteiger partial charge in [-0.3, -0.25) is 9.69 Å². The zero-order valence-corrected chi connectivity index (χ0v) is 20.0. The van der Waals surface area contributed by atoms with Crippen LogP contribution in [-0.4, -0.2) is 55.0 Å². The lowest BCUT2D eigenvalue weighted by Gasteiger charge is -2.38. The summed E-state index contributed by atoms with van der Waals surface area (Å²) in [6.07, 6.45) is 5.65. The monoisotopic (exact) mass is 494 g/mol. The van der Waals surface area contributed by atoms with E-state index in [9.17, 15) is 14.4 Å². The Balaban J connectivity index is 1.22. The zero-order valence-electron chi connectivity index (χ0n) is 19.2. The summed E-state index contributed by atoms with van der Waals surface area (Å²) in [7, 11) is 0. The van der Waals surface area contributed by atoms with E-state index in [2.05, 4.69) is 28.0 Å². The molecule has 0 aliphatic carbocycles. The van der Waals surface area contributed by atoms with Crippen LogP contribution < -0.4 is 4.74 Å². The Morgan fingerprint density at radius 1 is 1.31 bits per heavy atom. The van der Waals surface area contributed by atoms with E-state index in [4.69, 9.17) is 16.3 Å². The predicted molar refractivity (Wildman–Crippen MR) is 125 cm³/mol. The molecule has 1 amide bonds. The predicted octanol–water partition coefficient (Wildman–Crippen LogP) is 3.82. The highest BCUT2D eigenvalue weighted by Gasteiger charge is 2.45. The number of ether oxygens (including phenoxy) is 1. The molecule has 2 saturated heterocycles. The number of fused-ring (bicyclic) bond motifs is 5. The number of nitriles is 1. The first-order valence-corrected chi connectivity index (χ1v) is 12.2. The molecule has 4 unspecified atom stereocenters. The fourth-order valence-corrected chi connectivity index (χ4v) is 6.14. The van der Waals surface area contributed by atoms with Crippen molar-refractivity contribution in [2.45, 2.75) is 57.5 Å². The van der Waals surface area contributed by atoms with Gasteiger partial charge in [0.25, 0.3) is 5.91 Å². The molecule has 0 N–H and O–H groups in total. The van der Waals surface area contributed by atoms with Crippen molar-refractivity contribution in [3.63, 3.8) is 0 Å². The number of nitrogens with zero attached hydrogens (tertiary/aromatic N) is 6. The fraction of sp³-hybridized carbons (Fsp3) is 0.440. The fourth-order valence-electron chi connectivity index (χ4n) is 6.00. The Hall–Kier alpha value is -3.22. The molecule has 3 aliphatic heterocycles. The van der Waals surface area contributed by atoms with Gasteiger partial charge in [0.2, 0.25) is 0 Å². The second kappa shape index (κ2) is 8.47. The van der Waals surface area contributed by atoms with E-state index in [1.165, 1.54) is 18.2 Å². The van der Waals surface area contributed by atoms with Crippen LogP contribution in [0, 0.1) is 23.1 Å². The largest absolute Gasteiger partial charge is 0.489 e. The van der Waals surface area contributed by atoms with E-state index in [1.807, 2.05) is 0 Å². The van der Waals surface area contributed by atoms with E-state index < -0.39 is 5.82 Å². The summed E-state index contributed by atoms with van der Waals surface area (Å²) in [5.41, 5.74) is 2.66. The van der Waals surface area contributed by atoms with Crippen LogP contribution in [0.1, 0.15) is 47.8 Å². The number of benzene rings is 1. The van der Waals surface area contributed by atoms with Crippen molar-refractivity contribution in [1.29, 1.82) is 5.26 Å². The van der Waals surface area contributed by atoms with Gasteiger partial charge in [-0.25, -0.2) is 13.9 Å². The molecule has 10 heteroatoms. The van der Waals surface area contributed by atoms with Gasteiger partial charge in [0, 0.05) is 36.3 Å². The quantitative estimate of drug-likeness (QED) is 0.512. The van der Waals surface area contributed by atoms with Crippen molar-refractivity contribution in [2.75, 3.05) is 6.54 Å². The zero-order chi connectivity index (χ0) is 24.3. The lowest BCUT2D eigenvalue weighted by atomic mass is 9.97. The number of carbonyl (C=O) groups is 1. The molecule has 0 saturated carbocycles.